The molecule has 1 heterocycles. The van der Waals surface area contributed by atoms with Gasteiger partial charge in [-0.25, -0.2) is 4.98 Å². The lowest BCUT2D eigenvalue weighted by molar-refractivity contribution is -0.141. The number of halogens is 3. The number of hydrogen-bond acceptors (Lipinski definition) is 4. The van der Waals surface area contributed by atoms with Gasteiger partial charge in [-0.3, -0.25) is 4.98 Å². The van der Waals surface area contributed by atoms with Gasteiger partial charge in [0.05, 0.1) is 36.8 Å². The second-order valence-electron chi connectivity index (χ2n) is 3.81. The molecule has 0 unspecified atom stereocenters. The summed E-state index contributed by atoms with van der Waals surface area (Å²) in [5.41, 5.74) is -0.112. The van der Waals surface area contributed by atoms with Crippen LogP contribution in [0.15, 0.2) is 30.6 Å². The molecule has 0 saturated carbocycles. The van der Waals surface area contributed by atoms with Gasteiger partial charge in [-0.05, 0) is 18.2 Å². The number of ether oxygens (including phenoxy) is 1. The van der Waals surface area contributed by atoms with Crippen molar-refractivity contribution in [3.05, 3.63) is 41.9 Å². The lowest BCUT2D eigenvalue weighted by Gasteiger charge is -2.09. The third kappa shape index (κ3) is 2.69. The van der Waals surface area contributed by atoms with E-state index in [2.05, 4.69) is 9.97 Å². The zero-order valence-electron chi connectivity index (χ0n) is 10.3. The molecule has 0 amide bonds. The summed E-state index contributed by atoms with van der Waals surface area (Å²) in [6, 6.07) is 6.51. The smallest absolute Gasteiger partial charge is 0.434 e. The Balaban J connectivity index is 2.49. The molecular formula is C13H8F3N3O. The number of methoxy groups -OCH3 is 1. The molecule has 0 radical (unpaired) electrons. The van der Waals surface area contributed by atoms with Gasteiger partial charge >= 0.3 is 6.18 Å². The number of aromatic nitrogens is 2. The fourth-order valence-corrected chi connectivity index (χ4v) is 1.59. The summed E-state index contributed by atoms with van der Waals surface area (Å²) >= 11 is 0. The summed E-state index contributed by atoms with van der Waals surface area (Å²) in [5, 5.41) is 8.85. The predicted molar refractivity (Wildman–Crippen MR) is 63.7 cm³/mol. The minimum Gasteiger partial charge on any atom is -0.496 e. The monoisotopic (exact) mass is 279 g/mol. The highest BCUT2D eigenvalue weighted by molar-refractivity contribution is 5.68. The number of rotatable bonds is 2. The van der Waals surface area contributed by atoms with Gasteiger partial charge in [0.1, 0.15) is 5.75 Å². The van der Waals surface area contributed by atoms with Gasteiger partial charge in [0.2, 0.25) is 0 Å². The topological polar surface area (TPSA) is 58.8 Å². The van der Waals surface area contributed by atoms with Crippen LogP contribution in [-0.2, 0) is 6.18 Å². The molecule has 0 fully saturated rings. The molecule has 1 aromatic heterocycles. The van der Waals surface area contributed by atoms with E-state index in [1.807, 2.05) is 6.07 Å². The first-order valence-corrected chi connectivity index (χ1v) is 5.43. The average Bonchev–Trinajstić information content (AvgIpc) is 2.45. The van der Waals surface area contributed by atoms with E-state index in [0.29, 0.717) is 23.1 Å². The number of hydrogen-bond donors (Lipinski definition) is 0. The van der Waals surface area contributed by atoms with Gasteiger partial charge < -0.3 is 4.74 Å². The SMILES string of the molecule is COc1ccc(C#N)cc1-c1cnc(C(F)(F)F)cn1. The van der Waals surface area contributed by atoms with Crippen LogP contribution < -0.4 is 4.74 Å². The molecule has 2 aromatic rings. The van der Waals surface area contributed by atoms with Crippen LogP contribution in [0.1, 0.15) is 11.3 Å². The third-order valence-electron chi connectivity index (χ3n) is 2.55. The second kappa shape index (κ2) is 5.17. The van der Waals surface area contributed by atoms with Crippen LogP contribution in [0.2, 0.25) is 0 Å². The molecule has 0 atom stereocenters. The Morgan fingerprint density at radius 3 is 2.45 bits per heavy atom. The van der Waals surface area contributed by atoms with Gasteiger partial charge in [0.25, 0.3) is 0 Å². The number of nitriles is 1. The second-order valence-corrected chi connectivity index (χ2v) is 3.81. The molecule has 2 rings (SSSR count). The average molecular weight is 279 g/mol. The van der Waals surface area contributed by atoms with Crippen LogP contribution in [0.5, 0.6) is 5.75 Å². The highest BCUT2D eigenvalue weighted by Crippen LogP contribution is 2.31. The highest BCUT2D eigenvalue weighted by Gasteiger charge is 2.32. The predicted octanol–water partition coefficient (Wildman–Crippen LogP) is 3.04. The van der Waals surface area contributed by atoms with Crippen molar-refractivity contribution in [3.63, 3.8) is 0 Å². The molecule has 1 aromatic carbocycles. The summed E-state index contributed by atoms with van der Waals surface area (Å²) in [4.78, 5) is 7.06. The number of benzene rings is 1. The van der Waals surface area contributed by atoms with Crippen LogP contribution in [0.4, 0.5) is 13.2 Å². The molecule has 0 spiro atoms. The van der Waals surface area contributed by atoms with Crippen molar-refractivity contribution in [2.45, 2.75) is 6.18 Å². The highest BCUT2D eigenvalue weighted by atomic mass is 19.4. The van der Waals surface area contributed by atoms with Gasteiger partial charge in [0.15, 0.2) is 5.69 Å². The lowest BCUT2D eigenvalue weighted by atomic mass is 10.1. The molecule has 0 bridgehead atoms. The summed E-state index contributed by atoms with van der Waals surface area (Å²) in [6.45, 7) is 0. The number of alkyl halides is 3. The first-order valence-electron chi connectivity index (χ1n) is 5.43. The maximum atomic E-state index is 12.4. The van der Waals surface area contributed by atoms with Crippen molar-refractivity contribution < 1.29 is 17.9 Å². The van der Waals surface area contributed by atoms with Crippen molar-refractivity contribution in [2.24, 2.45) is 0 Å². The van der Waals surface area contributed by atoms with E-state index in [1.54, 1.807) is 12.1 Å². The molecule has 0 saturated heterocycles. The molecule has 20 heavy (non-hydrogen) atoms. The van der Waals surface area contributed by atoms with Crippen molar-refractivity contribution in [1.29, 1.82) is 5.26 Å². The Morgan fingerprint density at radius 2 is 1.95 bits per heavy atom. The molecule has 7 heteroatoms. The van der Waals surface area contributed by atoms with E-state index in [1.165, 1.54) is 13.2 Å². The Labute approximate surface area is 112 Å². The Bertz CT molecular complexity index is 660. The Hall–Kier alpha value is -2.62. The first kappa shape index (κ1) is 13.8. The van der Waals surface area contributed by atoms with E-state index in [9.17, 15) is 13.2 Å². The van der Waals surface area contributed by atoms with E-state index in [-0.39, 0.29) is 5.69 Å². The summed E-state index contributed by atoms with van der Waals surface area (Å²) < 4.78 is 42.3. The van der Waals surface area contributed by atoms with E-state index in [4.69, 9.17) is 10.00 Å². The van der Waals surface area contributed by atoms with Crippen molar-refractivity contribution >= 4 is 0 Å². The zero-order valence-corrected chi connectivity index (χ0v) is 10.3. The molecule has 0 aliphatic rings. The van der Waals surface area contributed by atoms with Crippen LogP contribution in [-0.4, -0.2) is 17.1 Å². The van der Waals surface area contributed by atoms with Crippen molar-refractivity contribution in [3.8, 4) is 23.1 Å². The summed E-state index contributed by atoms with van der Waals surface area (Å²) in [7, 11) is 1.42. The number of nitrogens with zero attached hydrogens (tertiary/aromatic N) is 3. The third-order valence-corrected chi connectivity index (χ3v) is 2.55. The zero-order chi connectivity index (χ0) is 14.8. The minimum absolute atomic E-state index is 0.201. The van der Waals surface area contributed by atoms with Gasteiger partial charge in [-0.1, -0.05) is 0 Å². The first-order chi connectivity index (χ1) is 9.45. The fourth-order valence-electron chi connectivity index (χ4n) is 1.59. The van der Waals surface area contributed by atoms with Crippen LogP contribution in [0.25, 0.3) is 11.3 Å². The van der Waals surface area contributed by atoms with E-state index in [0.717, 1.165) is 6.20 Å². The molecule has 0 aliphatic heterocycles. The standard InChI is InChI=1S/C13H8F3N3O/c1-20-11-3-2-8(5-17)4-9(11)10-6-19-12(7-18-10)13(14,15)16/h2-4,6-7H,1H3. The van der Waals surface area contributed by atoms with E-state index < -0.39 is 11.9 Å². The van der Waals surface area contributed by atoms with Crippen molar-refractivity contribution in [1.82, 2.24) is 9.97 Å². The largest absolute Gasteiger partial charge is 0.496 e. The molecule has 102 valence electrons. The summed E-state index contributed by atoms with van der Waals surface area (Å²) in [5.74, 6) is 0.401. The van der Waals surface area contributed by atoms with Crippen LogP contribution in [0.3, 0.4) is 0 Å². The maximum absolute atomic E-state index is 12.4. The van der Waals surface area contributed by atoms with Crippen LogP contribution in [0, 0.1) is 11.3 Å². The summed E-state index contributed by atoms with van der Waals surface area (Å²) in [6.07, 6.45) is -2.89. The molecule has 0 aliphatic carbocycles. The quantitative estimate of drug-likeness (QED) is 0.847. The van der Waals surface area contributed by atoms with Gasteiger partial charge in [-0.15, -0.1) is 0 Å². The minimum atomic E-state index is -4.54. The maximum Gasteiger partial charge on any atom is 0.434 e. The Morgan fingerprint density at radius 1 is 1.20 bits per heavy atom. The normalized spacial score (nSPS) is 10.9. The van der Waals surface area contributed by atoms with Gasteiger partial charge in [0, 0.05) is 5.56 Å². The molecule has 4 nitrogen and oxygen atoms in total. The van der Waals surface area contributed by atoms with Gasteiger partial charge in [-0.2, -0.15) is 18.4 Å². The lowest BCUT2D eigenvalue weighted by Crippen LogP contribution is -2.08. The Kier molecular flexibility index (Phi) is 3.57. The fraction of sp³-hybridized carbons (Fsp3) is 0.154. The van der Waals surface area contributed by atoms with E-state index >= 15 is 0 Å². The molecule has 0 N–H and O–H groups in total. The molecular weight excluding hydrogens is 271 g/mol. The van der Waals surface area contributed by atoms with Crippen LogP contribution >= 0.6 is 0 Å². The van der Waals surface area contributed by atoms with Crippen molar-refractivity contribution in [2.75, 3.05) is 7.11 Å².